The Kier molecular flexibility index (Phi) is 7.60. The van der Waals surface area contributed by atoms with Crippen molar-refractivity contribution in [2.45, 2.75) is 47.5 Å². The van der Waals surface area contributed by atoms with E-state index in [-0.39, 0.29) is 5.91 Å². The molecule has 0 saturated heterocycles. The molecule has 126 valence electrons. The first-order valence-corrected chi connectivity index (χ1v) is 8.14. The lowest BCUT2D eigenvalue weighted by molar-refractivity contribution is 0.0792. The van der Waals surface area contributed by atoms with Crippen LogP contribution in [0.25, 0.3) is 0 Å². The van der Waals surface area contributed by atoms with E-state index in [1.54, 1.807) is 4.90 Å². The number of benzene rings is 1. The van der Waals surface area contributed by atoms with Crippen LogP contribution in [-0.4, -0.2) is 24.4 Å². The maximum atomic E-state index is 12.4. The number of carbonyl (C=O) groups excluding carboxylic acids is 1. The largest absolute Gasteiger partial charge is 0.467 e. The van der Waals surface area contributed by atoms with Crippen LogP contribution in [0.1, 0.15) is 56.5 Å². The molecule has 1 aromatic carbocycles. The summed E-state index contributed by atoms with van der Waals surface area (Å²) in [4.78, 5) is 14.1. The molecule has 0 N–H and O–H groups in total. The summed E-state index contributed by atoms with van der Waals surface area (Å²) in [7, 11) is 1.85. The second kappa shape index (κ2) is 9.19. The molecular formula is C20H29NO2. The summed E-state index contributed by atoms with van der Waals surface area (Å²) in [5, 5.41) is 0. The van der Waals surface area contributed by atoms with Crippen LogP contribution in [0.4, 0.5) is 0 Å². The average molecular weight is 315 g/mol. The van der Waals surface area contributed by atoms with Gasteiger partial charge >= 0.3 is 0 Å². The normalized spacial score (nSPS) is 11.1. The van der Waals surface area contributed by atoms with E-state index in [1.165, 1.54) is 5.57 Å². The van der Waals surface area contributed by atoms with Crippen molar-refractivity contribution in [3.05, 3.63) is 58.6 Å². The van der Waals surface area contributed by atoms with Crippen molar-refractivity contribution in [2.75, 3.05) is 13.6 Å². The third-order valence-electron chi connectivity index (χ3n) is 3.79. The third-order valence-corrected chi connectivity index (χ3v) is 3.79. The summed E-state index contributed by atoms with van der Waals surface area (Å²) in [5.74, 6) is 1.97. The van der Waals surface area contributed by atoms with Gasteiger partial charge in [-0.2, -0.15) is 0 Å². The fourth-order valence-corrected chi connectivity index (χ4v) is 2.15. The summed E-state index contributed by atoms with van der Waals surface area (Å²) in [5.41, 5.74) is 3.08. The fraction of sp³-hybridized carbons (Fsp3) is 0.450. The number of amides is 1. The zero-order valence-corrected chi connectivity index (χ0v) is 15.3. The molecule has 0 aliphatic heterocycles. The zero-order chi connectivity index (χ0) is 17.4. The van der Waals surface area contributed by atoms with Gasteiger partial charge in [-0.1, -0.05) is 17.7 Å². The van der Waals surface area contributed by atoms with Gasteiger partial charge in [-0.15, -0.1) is 0 Å². The number of carbonyl (C=O) groups is 1. The SMILES string of the molecule is C/C=C(/C)OC(CCCN(C)C(=O)c1ccc(C)cc1)=C(C)C. The van der Waals surface area contributed by atoms with E-state index in [9.17, 15) is 4.79 Å². The van der Waals surface area contributed by atoms with Crippen molar-refractivity contribution >= 4 is 5.91 Å². The number of hydrogen-bond donors (Lipinski definition) is 0. The van der Waals surface area contributed by atoms with Crippen LogP contribution in [0.15, 0.2) is 47.4 Å². The Bertz CT molecular complexity index is 578. The van der Waals surface area contributed by atoms with Crippen molar-refractivity contribution in [2.24, 2.45) is 0 Å². The summed E-state index contributed by atoms with van der Waals surface area (Å²) in [6, 6.07) is 7.70. The lowest BCUT2D eigenvalue weighted by Gasteiger charge is -2.18. The highest BCUT2D eigenvalue weighted by molar-refractivity contribution is 5.94. The van der Waals surface area contributed by atoms with E-state index in [0.717, 1.165) is 35.5 Å². The standard InChI is InChI=1S/C20H29NO2/c1-7-17(5)23-19(15(2)3)9-8-14-21(6)20(22)18-12-10-16(4)11-13-18/h7,10-13H,8-9,14H2,1-6H3/b17-7-. The van der Waals surface area contributed by atoms with E-state index < -0.39 is 0 Å². The van der Waals surface area contributed by atoms with Gasteiger partial charge in [0, 0.05) is 25.6 Å². The molecule has 0 spiro atoms. The van der Waals surface area contributed by atoms with E-state index in [2.05, 4.69) is 13.8 Å². The monoisotopic (exact) mass is 315 g/mol. The Labute approximate surface area is 140 Å². The maximum absolute atomic E-state index is 12.4. The van der Waals surface area contributed by atoms with Gasteiger partial charge in [0.1, 0.15) is 5.76 Å². The maximum Gasteiger partial charge on any atom is 0.253 e. The quantitative estimate of drug-likeness (QED) is 0.657. The highest BCUT2D eigenvalue weighted by Gasteiger charge is 2.12. The van der Waals surface area contributed by atoms with Gasteiger partial charge in [-0.05, 0) is 64.8 Å². The van der Waals surface area contributed by atoms with E-state index >= 15 is 0 Å². The van der Waals surface area contributed by atoms with Crippen molar-refractivity contribution in [3.8, 4) is 0 Å². The molecule has 3 nitrogen and oxygen atoms in total. The number of allylic oxidation sites excluding steroid dienone is 4. The van der Waals surface area contributed by atoms with Crippen molar-refractivity contribution in [1.29, 1.82) is 0 Å². The molecule has 1 rings (SSSR count). The Morgan fingerprint density at radius 2 is 1.78 bits per heavy atom. The molecule has 23 heavy (non-hydrogen) atoms. The highest BCUT2D eigenvalue weighted by Crippen LogP contribution is 2.17. The molecule has 0 aromatic heterocycles. The Morgan fingerprint density at radius 3 is 2.30 bits per heavy atom. The highest BCUT2D eigenvalue weighted by atomic mass is 16.5. The predicted molar refractivity (Wildman–Crippen MR) is 96.3 cm³/mol. The first-order chi connectivity index (χ1) is 10.8. The molecule has 1 amide bonds. The molecule has 0 bridgehead atoms. The van der Waals surface area contributed by atoms with Crippen LogP contribution >= 0.6 is 0 Å². The number of rotatable bonds is 7. The van der Waals surface area contributed by atoms with Crippen LogP contribution < -0.4 is 0 Å². The fourth-order valence-electron chi connectivity index (χ4n) is 2.15. The number of hydrogen-bond acceptors (Lipinski definition) is 2. The molecule has 0 heterocycles. The zero-order valence-electron chi connectivity index (χ0n) is 15.3. The second-order valence-corrected chi connectivity index (χ2v) is 6.12. The van der Waals surface area contributed by atoms with E-state index in [4.69, 9.17) is 4.74 Å². The summed E-state index contributed by atoms with van der Waals surface area (Å²) >= 11 is 0. The molecule has 0 radical (unpaired) electrons. The minimum absolute atomic E-state index is 0.0642. The van der Waals surface area contributed by atoms with Gasteiger partial charge in [-0.3, -0.25) is 4.79 Å². The lowest BCUT2D eigenvalue weighted by Crippen LogP contribution is -2.27. The van der Waals surface area contributed by atoms with E-state index in [1.807, 2.05) is 58.2 Å². The van der Waals surface area contributed by atoms with Gasteiger partial charge in [0.2, 0.25) is 0 Å². The van der Waals surface area contributed by atoms with Crippen molar-refractivity contribution in [3.63, 3.8) is 0 Å². The number of nitrogens with zero attached hydrogens (tertiary/aromatic N) is 1. The smallest absolute Gasteiger partial charge is 0.253 e. The lowest BCUT2D eigenvalue weighted by atomic mass is 10.1. The topological polar surface area (TPSA) is 29.5 Å². The molecule has 0 unspecified atom stereocenters. The third kappa shape index (κ3) is 6.31. The molecule has 0 aliphatic carbocycles. The molecule has 0 fully saturated rings. The second-order valence-electron chi connectivity index (χ2n) is 6.12. The first-order valence-electron chi connectivity index (χ1n) is 8.14. The van der Waals surface area contributed by atoms with Crippen LogP contribution in [-0.2, 0) is 4.74 Å². The molecular weight excluding hydrogens is 286 g/mol. The van der Waals surface area contributed by atoms with Gasteiger partial charge in [-0.25, -0.2) is 0 Å². The number of aryl methyl sites for hydroxylation is 1. The summed E-state index contributed by atoms with van der Waals surface area (Å²) < 4.78 is 5.84. The minimum Gasteiger partial charge on any atom is -0.467 e. The van der Waals surface area contributed by atoms with Crippen LogP contribution in [0.5, 0.6) is 0 Å². The predicted octanol–water partition coefficient (Wildman–Crippen LogP) is 5.08. The van der Waals surface area contributed by atoms with Gasteiger partial charge in [0.05, 0.1) is 5.76 Å². The van der Waals surface area contributed by atoms with Crippen molar-refractivity contribution in [1.82, 2.24) is 4.90 Å². The van der Waals surface area contributed by atoms with Crippen molar-refractivity contribution < 1.29 is 9.53 Å². The molecule has 3 heteroatoms. The molecule has 1 aromatic rings. The van der Waals surface area contributed by atoms with E-state index in [0.29, 0.717) is 6.54 Å². The Balaban J connectivity index is 2.55. The van der Waals surface area contributed by atoms with Crippen LogP contribution in [0.3, 0.4) is 0 Å². The molecule has 0 saturated carbocycles. The first kappa shape index (κ1) is 19.0. The Morgan fingerprint density at radius 1 is 1.17 bits per heavy atom. The molecule has 0 aliphatic rings. The number of ether oxygens (including phenoxy) is 1. The average Bonchev–Trinajstić information content (AvgIpc) is 2.53. The van der Waals surface area contributed by atoms with Gasteiger partial charge in [0.25, 0.3) is 5.91 Å². The van der Waals surface area contributed by atoms with Gasteiger partial charge in [0.15, 0.2) is 0 Å². The summed E-state index contributed by atoms with van der Waals surface area (Å²) in [6.07, 6.45) is 3.67. The van der Waals surface area contributed by atoms with Gasteiger partial charge < -0.3 is 9.64 Å². The van der Waals surface area contributed by atoms with Crippen LogP contribution in [0, 0.1) is 6.92 Å². The Hall–Kier alpha value is -2.03. The molecule has 0 atom stereocenters. The van der Waals surface area contributed by atoms with Crippen LogP contribution in [0.2, 0.25) is 0 Å². The summed E-state index contributed by atoms with van der Waals surface area (Å²) in [6.45, 7) is 10.8. The minimum atomic E-state index is 0.0642.